The van der Waals surface area contributed by atoms with Crippen LogP contribution in [0.15, 0.2) is 0 Å². The van der Waals surface area contributed by atoms with Crippen molar-refractivity contribution < 1.29 is 8.78 Å². The first-order chi connectivity index (χ1) is 5.57. The van der Waals surface area contributed by atoms with Crippen LogP contribution < -0.4 is 0 Å². The number of halogens is 4. The molecule has 0 saturated heterocycles. The molecule has 0 atom stereocenters. The fraction of sp³-hybridized carbons (Fsp3) is 0.500. The number of alkyl halides is 3. The topological polar surface area (TPSA) is 17.8 Å². The molecule has 0 unspecified atom stereocenters. The molecule has 2 nitrogen and oxygen atoms in total. The molecular formula is C6H6BrClF2N2. The van der Waals surface area contributed by atoms with Gasteiger partial charge in [0.25, 0.3) is 6.43 Å². The lowest BCUT2D eigenvalue weighted by atomic mass is 10.3. The van der Waals surface area contributed by atoms with Crippen molar-refractivity contribution in [2.75, 3.05) is 0 Å². The van der Waals surface area contributed by atoms with E-state index >= 15 is 0 Å². The largest absolute Gasteiger partial charge is 0.280 e. The van der Waals surface area contributed by atoms with Gasteiger partial charge in [0.05, 0.1) is 0 Å². The van der Waals surface area contributed by atoms with Gasteiger partial charge >= 0.3 is 0 Å². The van der Waals surface area contributed by atoms with Crippen LogP contribution in [0.25, 0.3) is 0 Å². The van der Waals surface area contributed by atoms with Crippen LogP contribution in [0.1, 0.15) is 17.7 Å². The van der Waals surface area contributed by atoms with E-state index in [4.69, 9.17) is 11.6 Å². The summed E-state index contributed by atoms with van der Waals surface area (Å²) in [5.41, 5.74) is 0.228. The monoisotopic (exact) mass is 258 g/mol. The van der Waals surface area contributed by atoms with E-state index in [2.05, 4.69) is 21.0 Å². The molecule has 68 valence electrons. The predicted molar refractivity (Wildman–Crippen MR) is 45.8 cm³/mol. The standard InChI is InChI=1S/C6H6BrClF2N2/c1-12-4(6(9)10)3(2-7)5(8)11-12/h6H,2H2,1H3. The Morgan fingerprint density at radius 3 is 2.58 bits per heavy atom. The third-order valence-corrected chi connectivity index (χ3v) is 2.35. The third-order valence-electron chi connectivity index (χ3n) is 1.48. The Morgan fingerprint density at radius 1 is 1.67 bits per heavy atom. The Labute approximate surface area is 81.6 Å². The van der Waals surface area contributed by atoms with Gasteiger partial charge in [-0.1, -0.05) is 27.5 Å². The average Bonchev–Trinajstić information content (AvgIpc) is 2.24. The molecule has 1 aromatic heterocycles. The van der Waals surface area contributed by atoms with Crippen LogP contribution in [-0.2, 0) is 12.4 Å². The minimum absolute atomic E-state index is 0.128. The van der Waals surface area contributed by atoms with Gasteiger partial charge in [0.15, 0.2) is 5.15 Å². The molecule has 0 saturated carbocycles. The highest BCUT2D eigenvalue weighted by Crippen LogP contribution is 2.29. The van der Waals surface area contributed by atoms with Crippen LogP contribution in [0.5, 0.6) is 0 Å². The van der Waals surface area contributed by atoms with Crippen LogP contribution in [0, 0.1) is 0 Å². The average molecular weight is 259 g/mol. The van der Waals surface area contributed by atoms with Gasteiger partial charge in [-0.15, -0.1) is 0 Å². The molecule has 0 aliphatic heterocycles. The Hall–Kier alpha value is -0.160. The fourth-order valence-corrected chi connectivity index (χ4v) is 1.93. The fourth-order valence-electron chi connectivity index (χ4n) is 0.943. The summed E-state index contributed by atoms with van der Waals surface area (Å²) < 4.78 is 25.8. The molecule has 0 aliphatic rings. The molecule has 0 N–H and O–H groups in total. The minimum Gasteiger partial charge on any atom is -0.265 e. The molecule has 0 fully saturated rings. The second kappa shape index (κ2) is 3.70. The number of nitrogens with zero attached hydrogens (tertiary/aromatic N) is 2. The molecule has 1 heterocycles. The summed E-state index contributed by atoms with van der Waals surface area (Å²) in [6.45, 7) is 0. The third kappa shape index (κ3) is 1.61. The van der Waals surface area contributed by atoms with Crippen molar-refractivity contribution >= 4 is 27.5 Å². The summed E-state index contributed by atoms with van der Waals surface area (Å²) in [5, 5.41) is 4.10. The molecule has 0 aromatic carbocycles. The molecule has 12 heavy (non-hydrogen) atoms. The van der Waals surface area contributed by atoms with E-state index in [0.29, 0.717) is 10.9 Å². The van der Waals surface area contributed by atoms with Crippen LogP contribution in [-0.4, -0.2) is 9.78 Å². The maximum absolute atomic E-state index is 12.3. The summed E-state index contributed by atoms with van der Waals surface area (Å²) in [7, 11) is 1.44. The van der Waals surface area contributed by atoms with E-state index in [1.54, 1.807) is 0 Å². The van der Waals surface area contributed by atoms with Gasteiger partial charge in [-0.05, 0) is 0 Å². The van der Waals surface area contributed by atoms with Gasteiger partial charge in [-0.3, -0.25) is 4.68 Å². The zero-order valence-corrected chi connectivity index (χ0v) is 8.53. The van der Waals surface area contributed by atoms with Gasteiger partial charge in [0.1, 0.15) is 5.69 Å². The minimum atomic E-state index is -2.54. The van der Waals surface area contributed by atoms with Crippen molar-refractivity contribution in [3.8, 4) is 0 Å². The van der Waals surface area contributed by atoms with Crippen molar-refractivity contribution in [3.63, 3.8) is 0 Å². The normalized spacial score (nSPS) is 11.2. The summed E-state index contributed by atoms with van der Waals surface area (Å²) in [6, 6.07) is 0. The second-order valence-corrected chi connectivity index (χ2v) is 3.13. The first-order valence-corrected chi connectivity index (χ1v) is 4.63. The van der Waals surface area contributed by atoms with Crippen molar-refractivity contribution in [2.24, 2.45) is 7.05 Å². The molecule has 0 radical (unpaired) electrons. The van der Waals surface area contributed by atoms with Crippen LogP contribution in [0.4, 0.5) is 8.78 Å². The van der Waals surface area contributed by atoms with E-state index < -0.39 is 6.43 Å². The zero-order valence-electron chi connectivity index (χ0n) is 6.19. The first kappa shape index (κ1) is 9.92. The van der Waals surface area contributed by atoms with Crippen LogP contribution >= 0.6 is 27.5 Å². The Balaban J connectivity index is 3.23. The van der Waals surface area contributed by atoms with E-state index in [1.165, 1.54) is 7.05 Å². The van der Waals surface area contributed by atoms with E-state index in [1.807, 2.05) is 0 Å². The summed E-state index contributed by atoms with van der Waals surface area (Å²) in [4.78, 5) is 0. The second-order valence-electron chi connectivity index (χ2n) is 2.21. The molecule has 0 aliphatic carbocycles. The highest BCUT2D eigenvalue weighted by molar-refractivity contribution is 9.08. The molecule has 1 rings (SSSR count). The predicted octanol–water partition coefficient (Wildman–Crippen LogP) is 2.91. The Kier molecular flexibility index (Phi) is 3.06. The molecule has 1 aromatic rings. The van der Waals surface area contributed by atoms with E-state index in [0.717, 1.165) is 4.68 Å². The Bertz CT molecular complexity index is 287. The lowest BCUT2D eigenvalue weighted by molar-refractivity contribution is 0.140. The summed E-state index contributed by atoms with van der Waals surface area (Å²) >= 11 is 8.67. The van der Waals surface area contributed by atoms with Crippen LogP contribution in [0.2, 0.25) is 5.15 Å². The van der Waals surface area contributed by atoms with Crippen molar-refractivity contribution in [2.45, 2.75) is 11.8 Å². The SMILES string of the molecule is Cn1nc(Cl)c(CBr)c1C(F)F. The number of aryl methyl sites for hydroxylation is 1. The number of hydrogen-bond acceptors (Lipinski definition) is 1. The summed E-state index contributed by atoms with van der Waals surface area (Å²) in [5.74, 6) is 0. The Morgan fingerprint density at radius 2 is 2.25 bits per heavy atom. The van der Waals surface area contributed by atoms with Crippen LogP contribution in [0.3, 0.4) is 0 Å². The molecule has 0 bridgehead atoms. The van der Waals surface area contributed by atoms with Gasteiger partial charge < -0.3 is 0 Å². The quantitative estimate of drug-likeness (QED) is 0.747. The molecule has 6 heteroatoms. The van der Waals surface area contributed by atoms with Gasteiger partial charge in [0, 0.05) is 17.9 Å². The smallest absolute Gasteiger partial charge is 0.265 e. The molecule has 0 amide bonds. The number of rotatable bonds is 2. The number of hydrogen-bond donors (Lipinski definition) is 0. The van der Waals surface area contributed by atoms with Gasteiger partial charge in [-0.25, -0.2) is 8.78 Å². The maximum atomic E-state index is 12.3. The van der Waals surface area contributed by atoms with Crippen molar-refractivity contribution in [1.82, 2.24) is 9.78 Å². The van der Waals surface area contributed by atoms with Gasteiger partial charge in [-0.2, -0.15) is 5.10 Å². The van der Waals surface area contributed by atoms with Crippen molar-refractivity contribution in [1.29, 1.82) is 0 Å². The zero-order chi connectivity index (χ0) is 9.30. The highest BCUT2D eigenvalue weighted by Gasteiger charge is 2.20. The lowest BCUT2D eigenvalue weighted by Crippen LogP contribution is -1.99. The molecular weight excluding hydrogens is 253 g/mol. The molecule has 0 spiro atoms. The maximum Gasteiger partial charge on any atom is 0.280 e. The van der Waals surface area contributed by atoms with Gasteiger partial charge in [0.2, 0.25) is 0 Å². The van der Waals surface area contributed by atoms with Crippen molar-refractivity contribution in [3.05, 3.63) is 16.4 Å². The number of aromatic nitrogens is 2. The van der Waals surface area contributed by atoms with E-state index in [-0.39, 0.29) is 10.8 Å². The highest BCUT2D eigenvalue weighted by atomic mass is 79.9. The summed E-state index contributed by atoms with van der Waals surface area (Å²) in [6.07, 6.45) is -2.54. The lowest BCUT2D eigenvalue weighted by Gasteiger charge is -2.01. The van der Waals surface area contributed by atoms with E-state index in [9.17, 15) is 8.78 Å². The first-order valence-electron chi connectivity index (χ1n) is 3.13.